The van der Waals surface area contributed by atoms with Crippen LogP contribution >= 0.6 is 15.9 Å². The Morgan fingerprint density at radius 2 is 1.96 bits per heavy atom. The molecule has 0 atom stereocenters. The fourth-order valence-electron chi connectivity index (χ4n) is 2.28. The van der Waals surface area contributed by atoms with Crippen molar-refractivity contribution in [1.82, 2.24) is 14.8 Å². The Morgan fingerprint density at radius 3 is 2.58 bits per heavy atom. The molecule has 134 valence electrons. The number of carbonyl (C=O) groups excluding carboxylic acids is 1. The van der Waals surface area contributed by atoms with Crippen LogP contribution in [-0.4, -0.2) is 20.7 Å². The van der Waals surface area contributed by atoms with Crippen molar-refractivity contribution in [2.24, 2.45) is 0 Å². The standard InChI is InChI=1S/C17H12BrF3N4O/c1-10-7-15(25(24-10)13-4-2-3-12(18)8-13)23-16(26)11-5-6-14(22-9-11)17(19,20)21/h2-9H,1H3,(H,23,26). The molecule has 0 saturated carbocycles. The average Bonchev–Trinajstić information content (AvgIpc) is 2.94. The lowest BCUT2D eigenvalue weighted by molar-refractivity contribution is -0.141. The van der Waals surface area contributed by atoms with Crippen LogP contribution in [0.2, 0.25) is 0 Å². The van der Waals surface area contributed by atoms with Gasteiger partial charge in [-0.3, -0.25) is 9.78 Å². The molecule has 3 aromatic rings. The molecule has 0 bridgehead atoms. The minimum absolute atomic E-state index is 0.0117. The minimum atomic E-state index is -4.55. The van der Waals surface area contributed by atoms with E-state index in [0.29, 0.717) is 17.2 Å². The second-order valence-electron chi connectivity index (χ2n) is 5.45. The van der Waals surface area contributed by atoms with E-state index in [1.165, 1.54) is 4.68 Å². The first-order chi connectivity index (χ1) is 12.2. The number of amides is 1. The van der Waals surface area contributed by atoms with Gasteiger partial charge in [-0.2, -0.15) is 18.3 Å². The zero-order chi connectivity index (χ0) is 18.9. The third-order valence-corrected chi connectivity index (χ3v) is 3.94. The van der Waals surface area contributed by atoms with Crippen LogP contribution in [0, 0.1) is 6.92 Å². The Kier molecular flexibility index (Phi) is 4.82. The largest absolute Gasteiger partial charge is 0.433 e. The van der Waals surface area contributed by atoms with Gasteiger partial charge in [-0.1, -0.05) is 22.0 Å². The van der Waals surface area contributed by atoms with Crippen molar-refractivity contribution in [1.29, 1.82) is 0 Å². The van der Waals surface area contributed by atoms with Crippen LogP contribution in [0.15, 0.2) is 53.1 Å². The summed E-state index contributed by atoms with van der Waals surface area (Å²) in [6.45, 7) is 1.77. The molecule has 26 heavy (non-hydrogen) atoms. The molecule has 0 unspecified atom stereocenters. The smallest absolute Gasteiger partial charge is 0.306 e. The molecule has 0 radical (unpaired) electrons. The molecule has 1 amide bonds. The zero-order valence-electron chi connectivity index (χ0n) is 13.4. The van der Waals surface area contributed by atoms with Crippen LogP contribution < -0.4 is 5.32 Å². The highest BCUT2D eigenvalue weighted by molar-refractivity contribution is 9.10. The Labute approximate surface area is 155 Å². The van der Waals surface area contributed by atoms with Gasteiger partial charge in [0.25, 0.3) is 5.91 Å². The molecule has 3 rings (SSSR count). The molecular formula is C17H12BrF3N4O. The first-order valence-electron chi connectivity index (χ1n) is 7.41. The number of carbonyl (C=O) groups is 1. The molecule has 0 spiro atoms. The number of anilines is 1. The molecular weight excluding hydrogens is 413 g/mol. The quantitative estimate of drug-likeness (QED) is 0.667. The number of aryl methyl sites for hydroxylation is 1. The van der Waals surface area contributed by atoms with E-state index in [4.69, 9.17) is 0 Å². The number of rotatable bonds is 3. The fourth-order valence-corrected chi connectivity index (χ4v) is 2.66. The molecule has 5 nitrogen and oxygen atoms in total. The van der Waals surface area contributed by atoms with E-state index in [-0.39, 0.29) is 5.56 Å². The Bertz CT molecular complexity index is 951. The number of benzene rings is 1. The molecule has 1 N–H and O–H groups in total. The number of hydrogen-bond acceptors (Lipinski definition) is 3. The Hall–Kier alpha value is -2.68. The maximum Gasteiger partial charge on any atom is 0.433 e. The van der Waals surface area contributed by atoms with E-state index in [1.54, 1.807) is 13.0 Å². The summed E-state index contributed by atoms with van der Waals surface area (Å²) in [7, 11) is 0. The summed E-state index contributed by atoms with van der Waals surface area (Å²) in [4.78, 5) is 15.6. The topological polar surface area (TPSA) is 59.8 Å². The Balaban J connectivity index is 1.86. The van der Waals surface area contributed by atoms with E-state index in [1.807, 2.05) is 24.3 Å². The summed E-state index contributed by atoms with van der Waals surface area (Å²) in [5.74, 6) is -0.187. The lowest BCUT2D eigenvalue weighted by Crippen LogP contribution is -2.16. The van der Waals surface area contributed by atoms with Gasteiger partial charge in [0, 0.05) is 16.7 Å². The van der Waals surface area contributed by atoms with Crippen molar-refractivity contribution < 1.29 is 18.0 Å². The highest BCUT2D eigenvalue weighted by Crippen LogP contribution is 2.27. The van der Waals surface area contributed by atoms with Crippen molar-refractivity contribution in [3.05, 3.63) is 70.1 Å². The van der Waals surface area contributed by atoms with Gasteiger partial charge in [0.2, 0.25) is 0 Å². The summed E-state index contributed by atoms with van der Waals surface area (Å²) in [6.07, 6.45) is -3.66. The maximum atomic E-state index is 12.6. The van der Waals surface area contributed by atoms with Gasteiger partial charge in [0.1, 0.15) is 11.5 Å². The summed E-state index contributed by atoms with van der Waals surface area (Å²) in [6, 6.07) is 10.8. The number of pyridine rings is 1. The summed E-state index contributed by atoms with van der Waals surface area (Å²) in [5.41, 5.74) is 0.348. The molecule has 0 saturated heterocycles. The van der Waals surface area contributed by atoms with E-state index < -0.39 is 17.8 Å². The SMILES string of the molecule is Cc1cc(NC(=O)c2ccc(C(F)(F)F)nc2)n(-c2cccc(Br)c2)n1. The predicted octanol–water partition coefficient (Wildman–Crippen LogP) is 4.61. The van der Waals surface area contributed by atoms with Gasteiger partial charge in [0.05, 0.1) is 16.9 Å². The van der Waals surface area contributed by atoms with Gasteiger partial charge in [-0.25, -0.2) is 4.68 Å². The molecule has 0 aliphatic rings. The average molecular weight is 425 g/mol. The molecule has 2 aromatic heterocycles. The molecule has 0 aliphatic heterocycles. The fraction of sp³-hybridized carbons (Fsp3) is 0.118. The summed E-state index contributed by atoms with van der Waals surface area (Å²) < 4.78 is 40.1. The number of halogens is 4. The van der Waals surface area contributed by atoms with Crippen LogP contribution in [0.5, 0.6) is 0 Å². The zero-order valence-corrected chi connectivity index (χ0v) is 15.0. The van der Waals surface area contributed by atoms with Gasteiger partial charge in [-0.15, -0.1) is 0 Å². The summed E-state index contributed by atoms with van der Waals surface area (Å²) in [5, 5.41) is 6.98. The van der Waals surface area contributed by atoms with E-state index in [9.17, 15) is 18.0 Å². The third kappa shape index (κ3) is 3.93. The molecule has 0 fully saturated rings. The number of aromatic nitrogens is 3. The van der Waals surface area contributed by atoms with Crippen LogP contribution in [0.25, 0.3) is 5.69 Å². The lowest BCUT2D eigenvalue weighted by atomic mass is 10.2. The Morgan fingerprint density at radius 1 is 1.19 bits per heavy atom. The van der Waals surface area contributed by atoms with Crippen LogP contribution in [0.1, 0.15) is 21.7 Å². The summed E-state index contributed by atoms with van der Waals surface area (Å²) >= 11 is 3.37. The van der Waals surface area contributed by atoms with Crippen molar-refractivity contribution in [2.75, 3.05) is 5.32 Å². The molecule has 2 heterocycles. The highest BCUT2D eigenvalue weighted by atomic mass is 79.9. The predicted molar refractivity (Wildman–Crippen MR) is 93.2 cm³/mol. The van der Waals surface area contributed by atoms with E-state index >= 15 is 0 Å². The van der Waals surface area contributed by atoms with Gasteiger partial charge in [0.15, 0.2) is 0 Å². The first-order valence-corrected chi connectivity index (χ1v) is 8.20. The normalized spacial score (nSPS) is 11.4. The monoisotopic (exact) mass is 424 g/mol. The number of nitrogens with one attached hydrogen (secondary N) is 1. The molecule has 1 aromatic carbocycles. The van der Waals surface area contributed by atoms with Crippen molar-refractivity contribution >= 4 is 27.7 Å². The molecule has 9 heteroatoms. The van der Waals surface area contributed by atoms with Crippen molar-refractivity contribution in [2.45, 2.75) is 13.1 Å². The van der Waals surface area contributed by atoms with Gasteiger partial charge in [-0.05, 0) is 37.3 Å². The highest BCUT2D eigenvalue weighted by Gasteiger charge is 2.32. The maximum absolute atomic E-state index is 12.6. The van der Waals surface area contributed by atoms with Gasteiger partial charge < -0.3 is 5.32 Å². The number of alkyl halides is 3. The third-order valence-electron chi connectivity index (χ3n) is 3.44. The van der Waals surface area contributed by atoms with Crippen molar-refractivity contribution in [3.8, 4) is 5.69 Å². The van der Waals surface area contributed by atoms with Crippen LogP contribution in [0.3, 0.4) is 0 Å². The second kappa shape index (κ2) is 6.91. The van der Waals surface area contributed by atoms with Crippen molar-refractivity contribution in [3.63, 3.8) is 0 Å². The lowest BCUT2D eigenvalue weighted by Gasteiger charge is -2.10. The minimum Gasteiger partial charge on any atom is -0.306 e. The van der Waals surface area contributed by atoms with E-state index in [0.717, 1.165) is 22.8 Å². The van der Waals surface area contributed by atoms with Crippen LogP contribution in [-0.2, 0) is 6.18 Å². The second-order valence-corrected chi connectivity index (χ2v) is 6.36. The number of hydrogen-bond donors (Lipinski definition) is 1. The van der Waals surface area contributed by atoms with E-state index in [2.05, 4.69) is 31.3 Å². The number of nitrogens with zero attached hydrogens (tertiary/aromatic N) is 3. The molecule has 0 aliphatic carbocycles. The van der Waals surface area contributed by atoms with Crippen LogP contribution in [0.4, 0.5) is 19.0 Å². The van der Waals surface area contributed by atoms with Gasteiger partial charge >= 0.3 is 6.18 Å². The first kappa shape index (κ1) is 18.1.